The maximum atomic E-state index is 13.1. The summed E-state index contributed by atoms with van der Waals surface area (Å²) in [6.07, 6.45) is -2.53. The molecule has 0 spiro atoms. The van der Waals surface area contributed by atoms with Crippen molar-refractivity contribution in [1.82, 2.24) is 4.98 Å². The van der Waals surface area contributed by atoms with E-state index in [9.17, 15) is 18.0 Å². The molecule has 0 aromatic carbocycles. The molecular weight excluding hydrogens is 237 g/mol. The largest absolute Gasteiger partial charge is 0.462 e. The van der Waals surface area contributed by atoms with Gasteiger partial charge in [-0.15, -0.1) is 0 Å². The Hall–Kier alpha value is -2.10. The van der Waals surface area contributed by atoms with E-state index in [1.807, 2.05) is 0 Å². The molecule has 0 aliphatic heterocycles. The van der Waals surface area contributed by atoms with Crippen LogP contribution < -0.4 is 0 Å². The maximum absolute atomic E-state index is 13.1. The summed E-state index contributed by atoms with van der Waals surface area (Å²) in [4.78, 5) is 14.4. The standard InChI is InChI=1S/C10H7F3N2O2/c1-2-17-10(16)7-5(3-14)9(13)15-4-6(7)8(11)12/h4,8H,2H2,1H3. The molecule has 0 bridgehead atoms. The minimum absolute atomic E-state index is 0.0731. The number of alkyl halides is 2. The van der Waals surface area contributed by atoms with Crippen molar-refractivity contribution >= 4 is 5.97 Å². The molecule has 0 saturated carbocycles. The molecule has 0 fully saturated rings. The SMILES string of the molecule is CCOC(=O)c1c(C(F)F)cnc(F)c1C#N. The van der Waals surface area contributed by atoms with Crippen molar-refractivity contribution in [3.05, 3.63) is 28.8 Å². The quantitative estimate of drug-likeness (QED) is 0.604. The molecule has 4 nitrogen and oxygen atoms in total. The zero-order chi connectivity index (χ0) is 13.0. The highest BCUT2D eigenvalue weighted by atomic mass is 19.3. The first-order chi connectivity index (χ1) is 8.02. The van der Waals surface area contributed by atoms with E-state index < -0.39 is 35.0 Å². The third-order valence-corrected chi connectivity index (χ3v) is 1.89. The van der Waals surface area contributed by atoms with Crippen LogP contribution in [-0.4, -0.2) is 17.6 Å². The topological polar surface area (TPSA) is 63.0 Å². The summed E-state index contributed by atoms with van der Waals surface area (Å²) in [7, 11) is 0. The second kappa shape index (κ2) is 5.30. The molecule has 17 heavy (non-hydrogen) atoms. The van der Waals surface area contributed by atoms with Crippen LogP contribution in [0.25, 0.3) is 0 Å². The van der Waals surface area contributed by atoms with Crippen LogP contribution in [0, 0.1) is 17.3 Å². The van der Waals surface area contributed by atoms with Crippen molar-refractivity contribution in [2.45, 2.75) is 13.3 Å². The lowest BCUT2D eigenvalue weighted by molar-refractivity contribution is 0.0513. The van der Waals surface area contributed by atoms with Crippen molar-refractivity contribution in [3.63, 3.8) is 0 Å². The van der Waals surface area contributed by atoms with Crippen LogP contribution >= 0.6 is 0 Å². The summed E-state index contributed by atoms with van der Waals surface area (Å²) in [5, 5.41) is 8.64. The lowest BCUT2D eigenvalue weighted by atomic mass is 10.1. The van der Waals surface area contributed by atoms with E-state index in [0.29, 0.717) is 6.20 Å². The molecule has 0 aliphatic rings. The number of ether oxygens (including phenoxy) is 1. The van der Waals surface area contributed by atoms with Gasteiger partial charge in [0.1, 0.15) is 11.6 Å². The number of nitrogens with zero attached hydrogens (tertiary/aromatic N) is 2. The Bertz CT molecular complexity index is 483. The maximum Gasteiger partial charge on any atom is 0.340 e. The Morgan fingerprint density at radius 3 is 2.76 bits per heavy atom. The number of carbonyl (C=O) groups is 1. The minimum Gasteiger partial charge on any atom is -0.462 e. The highest BCUT2D eigenvalue weighted by molar-refractivity contribution is 5.93. The van der Waals surface area contributed by atoms with Crippen molar-refractivity contribution in [2.24, 2.45) is 0 Å². The predicted octanol–water partition coefficient (Wildman–Crippen LogP) is 2.21. The van der Waals surface area contributed by atoms with E-state index >= 15 is 0 Å². The third kappa shape index (κ3) is 2.53. The fourth-order valence-electron chi connectivity index (χ4n) is 1.19. The van der Waals surface area contributed by atoms with E-state index in [2.05, 4.69) is 9.72 Å². The Balaban J connectivity index is 3.45. The van der Waals surface area contributed by atoms with E-state index in [0.717, 1.165) is 0 Å². The van der Waals surface area contributed by atoms with Gasteiger partial charge in [0.2, 0.25) is 5.95 Å². The van der Waals surface area contributed by atoms with E-state index in [1.165, 1.54) is 13.0 Å². The number of halogens is 3. The van der Waals surface area contributed by atoms with Crippen LogP contribution in [0.5, 0.6) is 0 Å². The molecule has 1 heterocycles. The molecule has 90 valence electrons. The number of nitriles is 1. The molecule has 7 heteroatoms. The number of rotatable bonds is 3. The van der Waals surface area contributed by atoms with Gasteiger partial charge < -0.3 is 4.74 Å². The predicted molar refractivity (Wildman–Crippen MR) is 49.8 cm³/mol. The zero-order valence-electron chi connectivity index (χ0n) is 8.71. The van der Waals surface area contributed by atoms with Gasteiger partial charge in [-0.1, -0.05) is 0 Å². The van der Waals surface area contributed by atoms with Crippen LogP contribution in [0.15, 0.2) is 6.20 Å². The molecule has 0 atom stereocenters. The molecule has 0 N–H and O–H groups in total. The Morgan fingerprint density at radius 1 is 1.65 bits per heavy atom. The van der Waals surface area contributed by atoms with Gasteiger partial charge in [-0.3, -0.25) is 0 Å². The third-order valence-electron chi connectivity index (χ3n) is 1.89. The number of esters is 1. The number of hydrogen-bond donors (Lipinski definition) is 0. The average molecular weight is 244 g/mol. The zero-order valence-corrected chi connectivity index (χ0v) is 8.71. The summed E-state index contributed by atoms with van der Waals surface area (Å²) in [6.45, 7) is 1.39. The molecule has 1 rings (SSSR count). The molecule has 1 aromatic rings. The number of hydrogen-bond acceptors (Lipinski definition) is 4. The van der Waals surface area contributed by atoms with Crippen molar-refractivity contribution in [1.29, 1.82) is 5.26 Å². The van der Waals surface area contributed by atoms with Crippen LogP contribution in [0.2, 0.25) is 0 Å². The number of pyridine rings is 1. The smallest absolute Gasteiger partial charge is 0.340 e. The highest BCUT2D eigenvalue weighted by Gasteiger charge is 2.26. The Labute approximate surface area is 94.6 Å². The van der Waals surface area contributed by atoms with Gasteiger partial charge in [-0.2, -0.15) is 9.65 Å². The normalized spacial score (nSPS) is 10.1. The highest BCUT2D eigenvalue weighted by Crippen LogP contribution is 2.26. The average Bonchev–Trinajstić information content (AvgIpc) is 2.28. The summed E-state index contributed by atoms with van der Waals surface area (Å²) in [6, 6.07) is 1.33. The molecule has 0 aliphatic carbocycles. The lowest BCUT2D eigenvalue weighted by Gasteiger charge is -2.09. The molecule has 0 saturated heterocycles. The van der Waals surface area contributed by atoms with Crippen LogP contribution in [-0.2, 0) is 4.74 Å². The van der Waals surface area contributed by atoms with E-state index in [1.54, 1.807) is 0 Å². The monoisotopic (exact) mass is 244 g/mol. The first-order valence-corrected chi connectivity index (χ1v) is 4.56. The van der Waals surface area contributed by atoms with Gasteiger partial charge in [0, 0.05) is 6.20 Å². The molecule has 0 radical (unpaired) electrons. The van der Waals surface area contributed by atoms with Crippen LogP contribution in [0.1, 0.15) is 34.8 Å². The van der Waals surface area contributed by atoms with Gasteiger partial charge in [0.05, 0.1) is 17.7 Å². The number of aromatic nitrogens is 1. The van der Waals surface area contributed by atoms with Gasteiger partial charge >= 0.3 is 5.97 Å². The number of carbonyl (C=O) groups excluding carboxylic acids is 1. The molecule has 1 aromatic heterocycles. The first-order valence-electron chi connectivity index (χ1n) is 4.56. The van der Waals surface area contributed by atoms with Gasteiger partial charge in [-0.25, -0.2) is 18.6 Å². The van der Waals surface area contributed by atoms with Gasteiger partial charge in [0.25, 0.3) is 6.43 Å². The fraction of sp³-hybridized carbons (Fsp3) is 0.300. The second-order valence-corrected chi connectivity index (χ2v) is 2.89. The lowest BCUT2D eigenvalue weighted by Crippen LogP contribution is -2.13. The van der Waals surface area contributed by atoms with Crippen molar-refractivity contribution in [2.75, 3.05) is 6.61 Å². The van der Waals surface area contributed by atoms with Crippen molar-refractivity contribution in [3.8, 4) is 6.07 Å². The summed E-state index contributed by atoms with van der Waals surface area (Å²) >= 11 is 0. The van der Waals surface area contributed by atoms with Crippen molar-refractivity contribution < 1.29 is 22.7 Å². The Morgan fingerprint density at radius 2 is 2.29 bits per heavy atom. The summed E-state index contributed by atoms with van der Waals surface area (Å²) < 4.78 is 42.8. The van der Waals surface area contributed by atoms with Crippen LogP contribution in [0.4, 0.5) is 13.2 Å². The minimum atomic E-state index is -3.05. The first kappa shape index (κ1) is 13.0. The summed E-state index contributed by atoms with van der Waals surface area (Å²) in [5.41, 5.74) is -2.42. The fourth-order valence-corrected chi connectivity index (χ4v) is 1.19. The molecular formula is C10H7F3N2O2. The second-order valence-electron chi connectivity index (χ2n) is 2.89. The van der Waals surface area contributed by atoms with E-state index in [4.69, 9.17) is 5.26 Å². The Kier molecular flexibility index (Phi) is 4.04. The van der Waals surface area contributed by atoms with Gasteiger partial charge in [-0.05, 0) is 6.92 Å². The van der Waals surface area contributed by atoms with Crippen LogP contribution in [0.3, 0.4) is 0 Å². The van der Waals surface area contributed by atoms with E-state index in [-0.39, 0.29) is 6.61 Å². The molecule has 0 amide bonds. The molecule has 0 unspecified atom stereocenters. The van der Waals surface area contributed by atoms with Gasteiger partial charge in [0.15, 0.2) is 0 Å². The summed E-state index contributed by atoms with van der Waals surface area (Å²) in [5.74, 6) is -2.44.